The minimum atomic E-state index is -0.610. The van der Waals surface area contributed by atoms with Crippen LogP contribution in [0.2, 0.25) is 0 Å². The first-order chi connectivity index (χ1) is 9.63. The van der Waals surface area contributed by atoms with Gasteiger partial charge in [-0.1, -0.05) is 28.1 Å². The number of benzene rings is 2. The van der Waals surface area contributed by atoms with Crippen LogP contribution < -0.4 is 10.1 Å². The van der Waals surface area contributed by atoms with Crippen LogP contribution in [0.3, 0.4) is 0 Å². The summed E-state index contributed by atoms with van der Waals surface area (Å²) in [6, 6.07) is 8.27. The van der Waals surface area contributed by atoms with Crippen LogP contribution in [0.5, 0.6) is 5.75 Å². The number of nitrogens with one attached hydrogen (secondary N) is 1. The van der Waals surface area contributed by atoms with Gasteiger partial charge in [-0.3, -0.25) is 0 Å². The monoisotopic (exact) mass is 339 g/mol. The molecule has 0 atom stereocenters. The summed E-state index contributed by atoms with van der Waals surface area (Å²) in [5, 5.41) is 2.80. The molecule has 1 aliphatic rings. The number of rotatable bonds is 3. The molecule has 1 N–H and O–H groups in total. The predicted octanol–water partition coefficient (Wildman–Crippen LogP) is 4.27. The molecule has 0 aromatic heterocycles. The van der Waals surface area contributed by atoms with Crippen LogP contribution in [-0.4, -0.2) is 6.61 Å². The van der Waals surface area contributed by atoms with Crippen molar-refractivity contribution >= 4 is 21.6 Å². The van der Waals surface area contributed by atoms with Crippen molar-refractivity contribution in [2.75, 3.05) is 11.9 Å². The lowest BCUT2D eigenvalue weighted by Gasteiger charge is -2.10. The zero-order chi connectivity index (χ0) is 14.1. The fraction of sp³-hybridized carbons (Fsp3) is 0.200. The molecule has 0 aliphatic carbocycles. The topological polar surface area (TPSA) is 21.3 Å². The molecule has 0 radical (unpaired) electrons. The van der Waals surface area contributed by atoms with E-state index in [1.165, 1.54) is 12.1 Å². The summed E-state index contributed by atoms with van der Waals surface area (Å²) in [5.41, 5.74) is 2.00. The van der Waals surface area contributed by atoms with Gasteiger partial charge in [0.1, 0.15) is 23.1 Å². The van der Waals surface area contributed by atoms with Crippen molar-refractivity contribution < 1.29 is 13.5 Å². The molecule has 2 nitrogen and oxygen atoms in total. The van der Waals surface area contributed by atoms with Gasteiger partial charge in [-0.25, -0.2) is 8.78 Å². The Hall–Kier alpha value is -1.62. The fourth-order valence-electron chi connectivity index (χ4n) is 2.25. The minimum absolute atomic E-state index is 0.107. The van der Waals surface area contributed by atoms with Gasteiger partial charge < -0.3 is 10.1 Å². The Morgan fingerprint density at radius 2 is 1.90 bits per heavy atom. The highest BCUT2D eigenvalue weighted by Gasteiger charge is 2.13. The van der Waals surface area contributed by atoms with Gasteiger partial charge in [-0.05, 0) is 29.3 Å². The molecule has 1 heterocycles. The molecule has 0 bridgehead atoms. The van der Waals surface area contributed by atoms with Crippen LogP contribution in [0.4, 0.5) is 14.5 Å². The van der Waals surface area contributed by atoms with Gasteiger partial charge in [0, 0.05) is 17.4 Å². The molecule has 0 saturated carbocycles. The van der Waals surface area contributed by atoms with E-state index in [0.717, 1.165) is 23.3 Å². The van der Waals surface area contributed by atoms with Gasteiger partial charge >= 0.3 is 0 Å². The molecule has 1 aliphatic heterocycles. The molecule has 104 valence electrons. The Bertz CT molecular complexity index is 637. The number of hydrogen-bond donors (Lipinski definition) is 1. The third-order valence-electron chi connectivity index (χ3n) is 3.23. The van der Waals surface area contributed by atoms with E-state index in [1.807, 2.05) is 18.2 Å². The summed E-state index contributed by atoms with van der Waals surface area (Å²) >= 11 is 3.06. The van der Waals surface area contributed by atoms with E-state index < -0.39 is 11.6 Å². The number of hydrogen-bond acceptors (Lipinski definition) is 2. The Morgan fingerprint density at radius 1 is 1.15 bits per heavy atom. The molecule has 0 spiro atoms. The van der Waals surface area contributed by atoms with E-state index in [9.17, 15) is 8.78 Å². The van der Waals surface area contributed by atoms with Gasteiger partial charge in [0.2, 0.25) is 0 Å². The van der Waals surface area contributed by atoms with Crippen molar-refractivity contribution in [2.45, 2.75) is 13.0 Å². The van der Waals surface area contributed by atoms with Crippen molar-refractivity contribution in [3.05, 3.63) is 57.6 Å². The summed E-state index contributed by atoms with van der Waals surface area (Å²) in [7, 11) is 0. The summed E-state index contributed by atoms with van der Waals surface area (Å²) in [4.78, 5) is 0. The lowest BCUT2D eigenvalue weighted by atomic mass is 10.1. The maximum absolute atomic E-state index is 13.7. The first-order valence-electron chi connectivity index (χ1n) is 6.26. The number of halogens is 3. The van der Waals surface area contributed by atoms with E-state index in [2.05, 4.69) is 21.2 Å². The van der Waals surface area contributed by atoms with Crippen LogP contribution in [0.15, 0.2) is 34.8 Å². The lowest BCUT2D eigenvalue weighted by Crippen LogP contribution is -2.04. The van der Waals surface area contributed by atoms with E-state index in [4.69, 9.17) is 4.74 Å². The predicted molar refractivity (Wildman–Crippen MR) is 77.0 cm³/mol. The van der Waals surface area contributed by atoms with Crippen molar-refractivity contribution in [2.24, 2.45) is 0 Å². The fourth-order valence-corrected chi connectivity index (χ4v) is 2.65. The SMILES string of the molecule is Fc1cc(Br)cc(F)c1NCc1ccc2c(c1)CCO2. The second-order valence-electron chi connectivity index (χ2n) is 4.64. The highest BCUT2D eigenvalue weighted by molar-refractivity contribution is 9.10. The molecule has 0 amide bonds. The number of fused-ring (bicyclic) bond motifs is 1. The zero-order valence-corrected chi connectivity index (χ0v) is 12.1. The van der Waals surface area contributed by atoms with E-state index in [1.54, 1.807) is 0 Å². The summed E-state index contributed by atoms with van der Waals surface area (Å²) in [5.74, 6) is -0.322. The molecular formula is C15H12BrF2NO. The number of ether oxygens (including phenoxy) is 1. The smallest absolute Gasteiger partial charge is 0.150 e. The van der Waals surface area contributed by atoms with Gasteiger partial charge in [-0.15, -0.1) is 0 Å². The molecule has 0 fully saturated rings. The largest absolute Gasteiger partial charge is 0.493 e. The molecule has 2 aromatic carbocycles. The Labute approximate surface area is 123 Å². The standard InChI is InChI=1S/C15H12BrF2NO/c16-11-6-12(17)15(13(18)7-11)19-8-9-1-2-14-10(5-9)3-4-20-14/h1-2,5-7,19H,3-4,8H2. The van der Waals surface area contributed by atoms with E-state index >= 15 is 0 Å². The van der Waals surface area contributed by atoms with E-state index in [-0.39, 0.29) is 5.69 Å². The first kappa shape index (κ1) is 13.4. The second kappa shape index (κ2) is 5.40. The number of anilines is 1. The van der Waals surface area contributed by atoms with Crippen LogP contribution in [0.25, 0.3) is 0 Å². The third-order valence-corrected chi connectivity index (χ3v) is 3.69. The summed E-state index contributed by atoms with van der Waals surface area (Å²) in [6.07, 6.45) is 0.879. The maximum Gasteiger partial charge on any atom is 0.150 e. The van der Waals surface area contributed by atoms with Gasteiger partial charge in [0.25, 0.3) is 0 Å². The molecule has 3 rings (SSSR count). The van der Waals surface area contributed by atoms with Crippen LogP contribution >= 0.6 is 15.9 Å². The normalized spacial score (nSPS) is 12.9. The molecule has 5 heteroatoms. The van der Waals surface area contributed by atoms with Crippen LogP contribution in [0, 0.1) is 11.6 Å². The highest BCUT2D eigenvalue weighted by Crippen LogP contribution is 2.27. The first-order valence-corrected chi connectivity index (χ1v) is 7.06. The van der Waals surface area contributed by atoms with Crippen molar-refractivity contribution in [3.63, 3.8) is 0 Å². The van der Waals surface area contributed by atoms with Crippen molar-refractivity contribution in [1.82, 2.24) is 0 Å². The van der Waals surface area contributed by atoms with Gasteiger partial charge in [0.15, 0.2) is 0 Å². The Morgan fingerprint density at radius 3 is 2.65 bits per heavy atom. The zero-order valence-electron chi connectivity index (χ0n) is 10.6. The van der Waals surface area contributed by atoms with Gasteiger partial charge in [-0.2, -0.15) is 0 Å². The Kier molecular flexibility index (Phi) is 3.61. The highest BCUT2D eigenvalue weighted by atomic mass is 79.9. The van der Waals surface area contributed by atoms with Crippen LogP contribution in [0.1, 0.15) is 11.1 Å². The van der Waals surface area contributed by atoms with Gasteiger partial charge in [0.05, 0.1) is 6.61 Å². The summed E-state index contributed by atoms with van der Waals surface area (Å²) in [6.45, 7) is 1.06. The molecule has 0 saturated heterocycles. The minimum Gasteiger partial charge on any atom is -0.493 e. The molecule has 0 unspecified atom stereocenters. The second-order valence-corrected chi connectivity index (χ2v) is 5.55. The van der Waals surface area contributed by atoms with Crippen LogP contribution in [-0.2, 0) is 13.0 Å². The van der Waals surface area contributed by atoms with Crippen molar-refractivity contribution in [3.8, 4) is 5.75 Å². The molecule has 2 aromatic rings. The Balaban J connectivity index is 1.77. The quantitative estimate of drug-likeness (QED) is 0.901. The average Bonchev–Trinajstić information content (AvgIpc) is 2.84. The van der Waals surface area contributed by atoms with Crippen molar-refractivity contribution in [1.29, 1.82) is 0 Å². The molecule has 20 heavy (non-hydrogen) atoms. The maximum atomic E-state index is 13.7. The third kappa shape index (κ3) is 2.63. The molecular weight excluding hydrogens is 328 g/mol. The van der Waals surface area contributed by atoms with E-state index in [0.29, 0.717) is 17.6 Å². The summed E-state index contributed by atoms with van der Waals surface area (Å²) < 4.78 is 33.2. The average molecular weight is 340 g/mol. The lowest BCUT2D eigenvalue weighted by molar-refractivity contribution is 0.357.